The third-order valence-electron chi connectivity index (χ3n) is 5.08. The number of ketones is 1. The molecule has 1 aromatic carbocycles. The Bertz CT molecular complexity index is 783. The fourth-order valence-electron chi connectivity index (χ4n) is 3.19. The first kappa shape index (κ1) is 20.6. The predicted molar refractivity (Wildman–Crippen MR) is 99.4 cm³/mol. The van der Waals surface area contributed by atoms with Crippen molar-refractivity contribution in [2.45, 2.75) is 59.1 Å². The van der Waals surface area contributed by atoms with E-state index in [0.29, 0.717) is 18.4 Å². The molecule has 0 unspecified atom stereocenters. The molecular formula is C20H26N2O5. The highest BCUT2D eigenvalue weighted by atomic mass is 16.5. The molecule has 1 N–H and O–H groups in total. The molecule has 1 aromatic rings. The largest absolute Gasteiger partial charge is 0.453 e. The Kier molecular flexibility index (Phi) is 6.03. The minimum atomic E-state index is -1.01. The second-order valence-electron chi connectivity index (χ2n) is 6.93. The summed E-state index contributed by atoms with van der Waals surface area (Å²) in [5, 5.41) is 2.65. The van der Waals surface area contributed by atoms with Crippen LogP contribution in [-0.4, -0.2) is 46.8 Å². The summed E-state index contributed by atoms with van der Waals surface area (Å²) in [6, 6.07) is 4.86. The van der Waals surface area contributed by atoms with Crippen molar-refractivity contribution in [2.75, 3.05) is 6.54 Å². The van der Waals surface area contributed by atoms with E-state index in [1.165, 1.54) is 6.92 Å². The lowest BCUT2D eigenvalue weighted by Gasteiger charge is -2.23. The number of rotatable bonds is 7. The summed E-state index contributed by atoms with van der Waals surface area (Å²) in [4.78, 5) is 50.3. The number of nitrogens with zero attached hydrogens (tertiary/aromatic N) is 1. The molecule has 0 saturated carbocycles. The van der Waals surface area contributed by atoms with Gasteiger partial charge in [0, 0.05) is 5.56 Å². The number of Topliss-reactive ketones (excluding diaryl/α,β-unsaturated/α-hetero) is 1. The monoisotopic (exact) mass is 374 g/mol. The van der Waals surface area contributed by atoms with Crippen molar-refractivity contribution in [2.24, 2.45) is 0 Å². The van der Waals surface area contributed by atoms with Gasteiger partial charge < -0.3 is 10.1 Å². The van der Waals surface area contributed by atoms with Crippen molar-refractivity contribution in [3.63, 3.8) is 0 Å². The van der Waals surface area contributed by atoms with Crippen molar-refractivity contribution >= 4 is 23.7 Å². The second kappa shape index (κ2) is 7.90. The first-order chi connectivity index (χ1) is 12.6. The minimum absolute atomic E-state index is 0.321. The van der Waals surface area contributed by atoms with Gasteiger partial charge in [0.2, 0.25) is 5.78 Å². The van der Waals surface area contributed by atoms with Crippen LogP contribution in [0.25, 0.3) is 0 Å². The number of carbonyl (C=O) groups excluding carboxylic acids is 4. The summed E-state index contributed by atoms with van der Waals surface area (Å²) in [6.07, 6.45) is -0.150. The Morgan fingerprint density at radius 1 is 1.19 bits per heavy atom. The van der Waals surface area contributed by atoms with Crippen molar-refractivity contribution in [1.82, 2.24) is 10.2 Å². The maximum absolute atomic E-state index is 12.6. The number of hydrogen-bond acceptors (Lipinski definition) is 5. The minimum Gasteiger partial charge on any atom is -0.453 e. The molecule has 0 bridgehead atoms. The number of carbonyl (C=O) groups is 4. The van der Waals surface area contributed by atoms with Crippen LogP contribution in [-0.2, 0) is 14.3 Å². The molecule has 7 nitrogen and oxygen atoms in total. The van der Waals surface area contributed by atoms with Crippen LogP contribution in [0.15, 0.2) is 18.2 Å². The second-order valence-corrected chi connectivity index (χ2v) is 6.93. The smallest absolute Gasteiger partial charge is 0.326 e. The van der Waals surface area contributed by atoms with Crippen molar-refractivity contribution in [1.29, 1.82) is 0 Å². The Morgan fingerprint density at radius 2 is 1.81 bits per heavy atom. The van der Waals surface area contributed by atoms with Gasteiger partial charge >= 0.3 is 12.0 Å². The highest BCUT2D eigenvalue weighted by molar-refractivity contribution is 6.09. The van der Waals surface area contributed by atoms with Gasteiger partial charge in [-0.05, 0) is 45.2 Å². The van der Waals surface area contributed by atoms with E-state index in [1.54, 1.807) is 19.9 Å². The number of esters is 1. The van der Waals surface area contributed by atoms with Gasteiger partial charge in [-0.25, -0.2) is 4.79 Å². The van der Waals surface area contributed by atoms with Crippen LogP contribution < -0.4 is 5.32 Å². The van der Waals surface area contributed by atoms with Gasteiger partial charge in [-0.15, -0.1) is 0 Å². The van der Waals surface area contributed by atoms with Crippen LogP contribution in [0.3, 0.4) is 0 Å². The number of imide groups is 1. The maximum Gasteiger partial charge on any atom is 0.326 e. The summed E-state index contributed by atoms with van der Waals surface area (Å²) in [6.45, 7) is 8.25. The van der Waals surface area contributed by atoms with E-state index in [9.17, 15) is 19.2 Å². The van der Waals surface area contributed by atoms with E-state index < -0.39 is 36.1 Å². The van der Waals surface area contributed by atoms with Gasteiger partial charge in [0.15, 0.2) is 6.10 Å². The molecule has 1 fully saturated rings. The van der Waals surface area contributed by atoms with Crippen LogP contribution in [0.2, 0.25) is 0 Å². The summed E-state index contributed by atoms with van der Waals surface area (Å²) < 4.78 is 5.19. The van der Waals surface area contributed by atoms with Gasteiger partial charge in [0.1, 0.15) is 12.1 Å². The van der Waals surface area contributed by atoms with Gasteiger partial charge in [-0.2, -0.15) is 0 Å². The first-order valence-corrected chi connectivity index (χ1v) is 9.10. The molecule has 1 aliphatic heterocycles. The molecular weight excluding hydrogens is 348 g/mol. The number of ether oxygens (including phenoxy) is 1. The van der Waals surface area contributed by atoms with Gasteiger partial charge in [0.25, 0.3) is 5.91 Å². The zero-order chi connectivity index (χ0) is 20.4. The Balaban J connectivity index is 2.05. The number of benzene rings is 1. The predicted octanol–water partition coefficient (Wildman–Crippen LogP) is 2.53. The molecule has 1 aliphatic rings. The number of aryl methyl sites for hydroxylation is 2. The molecule has 2 rings (SSSR count). The lowest BCUT2D eigenvalue weighted by molar-refractivity contribution is -0.150. The number of amides is 3. The number of nitrogens with one attached hydrogen (secondary N) is 1. The summed E-state index contributed by atoms with van der Waals surface area (Å²) in [5.74, 6) is -1.56. The lowest BCUT2D eigenvalue weighted by atomic mass is 9.93. The molecule has 27 heavy (non-hydrogen) atoms. The van der Waals surface area contributed by atoms with Gasteiger partial charge in [0.05, 0.1) is 0 Å². The maximum atomic E-state index is 12.6. The molecule has 0 spiro atoms. The molecule has 1 heterocycles. The molecule has 1 atom stereocenters. The SMILES string of the molecule is CCC1(CC)NC(=O)N(CC(=O)O[C@@H](C)C(=O)c2cc(C)ccc2C)C1=O. The summed E-state index contributed by atoms with van der Waals surface area (Å²) in [5.41, 5.74) is 1.23. The summed E-state index contributed by atoms with van der Waals surface area (Å²) >= 11 is 0. The van der Waals surface area contributed by atoms with Crippen LogP contribution in [0.1, 0.15) is 55.1 Å². The fraction of sp³-hybridized carbons (Fsp3) is 0.500. The molecule has 0 aliphatic carbocycles. The van der Waals surface area contributed by atoms with Gasteiger partial charge in [-0.3, -0.25) is 19.3 Å². The average molecular weight is 374 g/mol. The average Bonchev–Trinajstić information content (AvgIpc) is 2.87. The molecule has 146 valence electrons. The highest BCUT2D eigenvalue weighted by Gasteiger charge is 2.49. The van der Waals surface area contributed by atoms with Crippen LogP contribution in [0.5, 0.6) is 0 Å². The molecule has 1 saturated heterocycles. The van der Waals surface area contributed by atoms with E-state index in [2.05, 4.69) is 5.32 Å². The van der Waals surface area contributed by atoms with E-state index in [-0.39, 0.29) is 5.78 Å². The Morgan fingerprint density at radius 3 is 2.37 bits per heavy atom. The quantitative estimate of drug-likeness (QED) is 0.450. The fourth-order valence-corrected chi connectivity index (χ4v) is 3.19. The normalized spacial score (nSPS) is 16.9. The molecule has 0 aromatic heterocycles. The molecule has 3 amide bonds. The standard InChI is InChI=1S/C20H26N2O5/c1-6-20(7-2)18(25)22(19(26)21-20)11-16(23)27-14(5)17(24)15-10-12(3)8-9-13(15)4/h8-10,14H,6-7,11H2,1-5H3,(H,21,26)/t14-/m0/s1. The van der Waals surface area contributed by atoms with Gasteiger partial charge in [-0.1, -0.05) is 31.5 Å². The van der Waals surface area contributed by atoms with Crippen LogP contribution >= 0.6 is 0 Å². The first-order valence-electron chi connectivity index (χ1n) is 9.10. The summed E-state index contributed by atoms with van der Waals surface area (Å²) in [7, 11) is 0. The lowest BCUT2D eigenvalue weighted by Crippen LogP contribution is -2.46. The van der Waals surface area contributed by atoms with E-state index in [4.69, 9.17) is 4.74 Å². The molecule has 7 heteroatoms. The third-order valence-corrected chi connectivity index (χ3v) is 5.08. The van der Waals surface area contributed by atoms with Crippen molar-refractivity contribution in [3.05, 3.63) is 34.9 Å². The topological polar surface area (TPSA) is 92.8 Å². The zero-order valence-corrected chi connectivity index (χ0v) is 16.4. The zero-order valence-electron chi connectivity index (χ0n) is 16.4. The van der Waals surface area contributed by atoms with Crippen molar-refractivity contribution in [3.8, 4) is 0 Å². The van der Waals surface area contributed by atoms with E-state index >= 15 is 0 Å². The third kappa shape index (κ3) is 4.02. The van der Waals surface area contributed by atoms with E-state index in [0.717, 1.165) is 16.0 Å². The molecule has 0 radical (unpaired) electrons. The van der Waals surface area contributed by atoms with Crippen LogP contribution in [0, 0.1) is 13.8 Å². The van der Waals surface area contributed by atoms with Crippen molar-refractivity contribution < 1.29 is 23.9 Å². The Hall–Kier alpha value is -2.70. The number of hydrogen-bond donors (Lipinski definition) is 1. The highest BCUT2D eigenvalue weighted by Crippen LogP contribution is 2.24. The van der Waals surface area contributed by atoms with E-state index in [1.807, 2.05) is 26.0 Å². The Labute approximate surface area is 159 Å². The number of urea groups is 1. The van der Waals surface area contributed by atoms with Crippen LogP contribution in [0.4, 0.5) is 4.79 Å².